The van der Waals surface area contributed by atoms with Gasteiger partial charge in [0.05, 0.1) is 5.69 Å². The molecule has 0 aliphatic heterocycles. The highest BCUT2D eigenvalue weighted by molar-refractivity contribution is 6.04. The van der Waals surface area contributed by atoms with Gasteiger partial charge in [-0.2, -0.15) is 0 Å². The van der Waals surface area contributed by atoms with Gasteiger partial charge in [-0.05, 0) is 30.4 Å². The third kappa shape index (κ3) is 4.00. The van der Waals surface area contributed by atoms with Crippen molar-refractivity contribution < 1.29 is 4.79 Å². The summed E-state index contributed by atoms with van der Waals surface area (Å²) in [7, 11) is 0. The number of pyridine rings is 1. The number of carbonyl (C=O) groups is 1. The zero-order valence-electron chi connectivity index (χ0n) is 16.3. The Morgan fingerprint density at radius 2 is 1.69 bits per heavy atom. The van der Waals surface area contributed by atoms with E-state index in [1.165, 1.54) is 4.90 Å². The van der Waals surface area contributed by atoms with Crippen LogP contribution in [0.4, 0.5) is 17.1 Å². The van der Waals surface area contributed by atoms with E-state index in [9.17, 15) is 14.4 Å². The van der Waals surface area contributed by atoms with Gasteiger partial charge in [0.15, 0.2) is 0 Å². The van der Waals surface area contributed by atoms with Crippen LogP contribution in [0.15, 0.2) is 34.1 Å². The molecule has 140 valence electrons. The van der Waals surface area contributed by atoms with Crippen molar-refractivity contribution in [2.24, 2.45) is 11.3 Å². The van der Waals surface area contributed by atoms with Gasteiger partial charge in [0.1, 0.15) is 11.4 Å². The molecule has 6 nitrogen and oxygen atoms in total. The van der Waals surface area contributed by atoms with Crippen LogP contribution in [0.1, 0.15) is 48.0 Å². The predicted molar refractivity (Wildman–Crippen MR) is 105 cm³/mol. The zero-order valence-corrected chi connectivity index (χ0v) is 16.3. The van der Waals surface area contributed by atoms with Gasteiger partial charge in [-0.3, -0.25) is 24.3 Å². The van der Waals surface area contributed by atoms with Gasteiger partial charge in [0.2, 0.25) is 5.91 Å². The molecule has 0 fully saturated rings. The van der Waals surface area contributed by atoms with Crippen molar-refractivity contribution in [1.29, 1.82) is 0 Å². The van der Waals surface area contributed by atoms with Crippen LogP contribution in [0.3, 0.4) is 0 Å². The van der Waals surface area contributed by atoms with Crippen LogP contribution in [0, 0.1) is 11.3 Å². The Hall–Kier alpha value is -2.50. The van der Waals surface area contributed by atoms with Gasteiger partial charge in [-0.1, -0.05) is 34.6 Å². The molecule has 1 N–H and O–H groups in total. The standard InChI is InChI=1S/C20H27N3O3/c1-12(2)11-15(24)23(14-7-9-21-10-8-14)17-16(18(25)19(17)26)22-13(3)20(4,5)6/h7-10,12-13,22H,11H2,1-6H3. The molecular formula is C20H27N3O3. The first-order valence-corrected chi connectivity index (χ1v) is 8.86. The van der Waals surface area contributed by atoms with Gasteiger partial charge in [0.25, 0.3) is 10.9 Å². The Bertz CT molecular complexity index is 843. The third-order valence-electron chi connectivity index (χ3n) is 4.52. The molecule has 1 aromatic heterocycles. The molecule has 0 saturated heterocycles. The second kappa shape index (κ2) is 7.40. The first-order chi connectivity index (χ1) is 12.0. The van der Waals surface area contributed by atoms with Gasteiger partial charge in [0, 0.05) is 24.9 Å². The first-order valence-electron chi connectivity index (χ1n) is 8.86. The van der Waals surface area contributed by atoms with Crippen LogP contribution in [0.25, 0.3) is 0 Å². The highest BCUT2D eigenvalue weighted by atomic mass is 16.2. The lowest BCUT2D eigenvalue weighted by Gasteiger charge is -2.32. The molecule has 0 bridgehead atoms. The van der Waals surface area contributed by atoms with E-state index in [4.69, 9.17) is 0 Å². The van der Waals surface area contributed by atoms with Crippen molar-refractivity contribution in [1.82, 2.24) is 4.98 Å². The van der Waals surface area contributed by atoms with E-state index in [1.54, 1.807) is 24.5 Å². The number of carbonyl (C=O) groups excluding carboxylic acids is 1. The second-order valence-electron chi connectivity index (χ2n) is 8.15. The molecule has 2 rings (SSSR count). The molecule has 6 heteroatoms. The Balaban J connectivity index is 2.50. The van der Waals surface area contributed by atoms with Gasteiger partial charge < -0.3 is 5.32 Å². The fourth-order valence-electron chi connectivity index (χ4n) is 2.49. The monoisotopic (exact) mass is 357 g/mol. The van der Waals surface area contributed by atoms with Crippen molar-refractivity contribution in [2.45, 2.75) is 54.0 Å². The molecule has 1 amide bonds. The fourth-order valence-corrected chi connectivity index (χ4v) is 2.49. The molecular weight excluding hydrogens is 330 g/mol. The lowest BCUT2D eigenvalue weighted by Crippen LogP contribution is -2.45. The Morgan fingerprint density at radius 1 is 1.12 bits per heavy atom. The van der Waals surface area contributed by atoms with E-state index in [0.717, 1.165) is 0 Å². The summed E-state index contributed by atoms with van der Waals surface area (Å²) >= 11 is 0. The minimum atomic E-state index is -0.637. The van der Waals surface area contributed by atoms with E-state index in [-0.39, 0.29) is 41.1 Å². The Labute approximate surface area is 153 Å². The van der Waals surface area contributed by atoms with Crippen molar-refractivity contribution >= 4 is 23.0 Å². The number of amides is 1. The largest absolute Gasteiger partial charge is 0.377 e. The van der Waals surface area contributed by atoms with Crippen LogP contribution >= 0.6 is 0 Å². The molecule has 0 spiro atoms. The number of anilines is 3. The van der Waals surface area contributed by atoms with E-state index >= 15 is 0 Å². The average Bonchev–Trinajstić information content (AvgIpc) is 2.56. The Morgan fingerprint density at radius 3 is 2.19 bits per heavy atom. The summed E-state index contributed by atoms with van der Waals surface area (Å²) < 4.78 is 0. The number of aromatic nitrogens is 1. The van der Waals surface area contributed by atoms with Gasteiger partial charge in [-0.15, -0.1) is 0 Å². The highest BCUT2D eigenvalue weighted by Gasteiger charge is 2.33. The van der Waals surface area contributed by atoms with Crippen LogP contribution in [0.2, 0.25) is 0 Å². The molecule has 0 saturated carbocycles. The molecule has 0 aliphatic rings. The lowest BCUT2D eigenvalue weighted by molar-refractivity contribution is -0.118. The van der Waals surface area contributed by atoms with Crippen LogP contribution in [-0.2, 0) is 4.79 Å². The lowest BCUT2D eigenvalue weighted by atomic mass is 9.87. The van der Waals surface area contributed by atoms with Crippen LogP contribution < -0.4 is 21.1 Å². The summed E-state index contributed by atoms with van der Waals surface area (Å²) in [5, 5.41) is 3.14. The summed E-state index contributed by atoms with van der Waals surface area (Å²) in [4.78, 5) is 42.7. The van der Waals surface area contributed by atoms with Crippen LogP contribution in [-0.4, -0.2) is 16.9 Å². The molecule has 0 radical (unpaired) electrons. The molecule has 1 heterocycles. The van der Waals surface area contributed by atoms with E-state index in [1.807, 2.05) is 41.5 Å². The maximum atomic E-state index is 12.8. The van der Waals surface area contributed by atoms with E-state index in [2.05, 4.69) is 10.3 Å². The normalized spacial score (nSPS) is 13.0. The maximum absolute atomic E-state index is 12.8. The van der Waals surface area contributed by atoms with Crippen molar-refractivity contribution in [3.8, 4) is 0 Å². The summed E-state index contributed by atoms with van der Waals surface area (Å²) in [6, 6.07) is 3.27. The fraction of sp³-hybridized carbons (Fsp3) is 0.500. The second-order valence-corrected chi connectivity index (χ2v) is 8.15. The molecule has 2 aromatic rings. The number of hydrogen-bond acceptors (Lipinski definition) is 5. The SMILES string of the molecule is CC(C)CC(=O)N(c1ccncc1)c1c(NC(C)C(C)(C)C)c(=O)c1=O. The van der Waals surface area contributed by atoms with Crippen LogP contribution in [0.5, 0.6) is 0 Å². The average molecular weight is 357 g/mol. The number of nitrogens with zero attached hydrogens (tertiary/aromatic N) is 2. The maximum Gasteiger partial charge on any atom is 0.254 e. The third-order valence-corrected chi connectivity index (χ3v) is 4.52. The van der Waals surface area contributed by atoms with Crippen molar-refractivity contribution in [2.75, 3.05) is 10.2 Å². The quantitative estimate of drug-likeness (QED) is 0.803. The van der Waals surface area contributed by atoms with E-state index in [0.29, 0.717) is 5.69 Å². The molecule has 1 atom stereocenters. The molecule has 1 unspecified atom stereocenters. The topological polar surface area (TPSA) is 79.4 Å². The predicted octanol–water partition coefficient (Wildman–Crippen LogP) is 3.23. The molecule has 26 heavy (non-hydrogen) atoms. The van der Waals surface area contributed by atoms with Crippen molar-refractivity contribution in [3.05, 3.63) is 45.0 Å². The highest BCUT2D eigenvalue weighted by Crippen LogP contribution is 2.32. The minimum Gasteiger partial charge on any atom is -0.377 e. The summed E-state index contributed by atoms with van der Waals surface area (Å²) in [5.74, 6) is -0.0898. The zero-order chi connectivity index (χ0) is 19.6. The first kappa shape index (κ1) is 19.8. The number of hydrogen-bond donors (Lipinski definition) is 1. The number of rotatable bonds is 6. The smallest absolute Gasteiger partial charge is 0.254 e. The van der Waals surface area contributed by atoms with Gasteiger partial charge >= 0.3 is 0 Å². The molecule has 1 aromatic carbocycles. The summed E-state index contributed by atoms with van der Waals surface area (Å²) in [5.41, 5.74) is -0.450. The minimum absolute atomic E-state index is 0.0518. The van der Waals surface area contributed by atoms with Crippen molar-refractivity contribution in [3.63, 3.8) is 0 Å². The van der Waals surface area contributed by atoms with Gasteiger partial charge in [-0.25, -0.2) is 0 Å². The van der Waals surface area contributed by atoms with E-state index < -0.39 is 10.9 Å². The summed E-state index contributed by atoms with van der Waals surface area (Å²) in [6.45, 7) is 12.0. The summed E-state index contributed by atoms with van der Waals surface area (Å²) in [6.07, 6.45) is 3.39. The molecule has 0 aliphatic carbocycles. The number of nitrogens with one attached hydrogen (secondary N) is 1. The Kier molecular flexibility index (Phi) is 5.64.